The van der Waals surface area contributed by atoms with E-state index in [-0.39, 0.29) is 16.5 Å². The summed E-state index contributed by atoms with van der Waals surface area (Å²) in [4.78, 5) is 10.8. The van der Waals surface area contributed by atoms with E-state index >= 15 is 0 Å². The number of ether oxygens (including phenoxy) is 3. The van der Waals surface area contributed by atoms with Gasteiger partial charge in [-0.3, -0.25) is 10.1 Å². The third kappa shape index (κ3) is 4.37. The molecule has 1 aromatic carbocycles. The van der Waals surface area contributed by atoms with E-state index in [2.05, 4.69) is 0 Å². The molecule has 6 nitrogen and oxygen atoms in total. The molecule has 0 aliphatic carbocycles. The molecule has 116 valence electrons. The quantitative estimate of drug-likeness (QED) is 0.569. The molecule has 0 radical (unpaired) electrons. The van der Waals surface area contributed by atoms with Gasteiger partial charge in [0.05, 0.1) is 26.3 Å². The summed E-state index contributed by atoms with van der Waals surface area (Å²) in [5.41, 5.74) is 0.720. The summed E-state index contributed by atoms with van der Waals surface area (Å²) in [7, 11) is 4.54. The molecular formula is C15H21NO5. The first-order valence-electron chi connectivity index (χ1n) is 6.57. The largest absolute Gasteiger partial charge is 0.496 e. The molecule has 0 saturated heterocycles. The van der Waals surface area contributed by atoms with Crippen molar-refractivity contribution in [1.82, 2.24) is 0 Å². The summed E-state index contributed by atoms with van der Waals surface area (Å²) < 4.78 is 15.7. The lowest BCUT2D eigenvalue weighted by atomic mass is 10.1. The SMILES string of the molecule is COc1cc(OC)c(OC)cc1C=C(CC(C)C)[N+](=O)[O-]. The molecule has 0 bridgehead atoms. The summed E-state index contributed by atoms with van der Waals surface area (Å²) >= 11 is 0. The number of nitro groups is 1. The van der Waals surface area contributed by atoms with Gasteiger partial charge in [-0.25, -0.2) is 0 Å². The monoisotopic (exact) mass is 295 g/mol. The molecule has 1 aromatic rings. The fourth-order valence-electron chi connectivity index (χ4n) is 1.95. The lowest BCUT2D eigenvalue weighted by Gasteiger charge is -2.12. The van der Waals surface area contributed by atoms with Crippen molar-refractivity contribution in [2.24, 2.45) is 5.92 Å². The van der Waals surface area contributed by atoms with Gasteiger partial charge >= 0.3 is 0 Å². The van der Waals surface area contributed by atoms with E-state index in [1.54, 1.807) is 12.1 Å². The molecule has 0 heterocycles. The normalized spacial score (nSPS) is 11.4. The van der Waals surface area contributed by atoms with Crippen LogP contribution in [0.15, 0.2) is 17.8 Å². The third-order valence-corrected chi connectivity index (χ3v) is 2.91. The van der Waals surface area contributed by atoms with Crippen LogP contribution in [0.3, 0.4) is 0 Å². The van der Waals surface area contributed by atoms with E-state index in [1.807, 2.05) is 13.8 Å². The highest BCUT2D eigenvalue weighted by molar-refractivity contribution is 5.64. The average molecular weight is 295 g/mol. The van der Waals surface area contributed by atoms with Crippen molar-refractivity contribution in [3.05, 3.63) is 33.5 Å². The topological polar surface area (TPSA) is 70.8 Å². The fourth-order valence-corrected chi connectivity index (χ4v) is 1.95. The van der Waals surface area contributed by atoms with Gasteiger partial charge in [0.25, 0.3) is 0 Å². The van der Waals surface area contributed by atoms with E-state index in [4.69, 9.17) is 14.2 Å². The Kier molecular flexibility index (Phi) is 6.02. The van der Waals surface area contributed by atoms with Gasteiger partial charge in [-0.2, -0.15) is 0 Å². The van der Waals surface area contributed by atoms with Crippen LogP contribution in [0.25, 0.3) is 6.08 Å². The van der Waals surface area contributed by atoms with Gasteiger partial charge in [-0.1, -0.05) is 13.8 Å². The number of allylic oxidation sites excluding steroid dienone is 1. The zero-order chi connectivity index (χ0) is 16.0. The van der Waals surface area contributed by atoms with Crippen molar-refractivity contribution in [2.75, 3.05) is 21.3 Å². The molecule has 0 aliphatic rings. The highest BCUT2D eigenvalue weighted by atomic mass is 16.6. The summed E-state index contributed by atoms with van der Waals surface area (Å²) in [6, 6.07) is 3.32. The van der Waals surface area contributed by atoms with Crippen molar-refractivity contribution in [3.8, 4) is 17.2 Å². The molecule has 0 amide bonds. The Bertz CT molecular complexity index is 537. The van der Waals surface area contributed by atoms with Crippen molar-refractivity contribution in [1.29, 1.82) is 0 Å². The van der Waals surface area contributed by atoms with E-state index in [9.17, 15) is 10.1 Å². The second-order valence-electron chi connectivity index (χ2n) is 4.94. The van der Waals surface area contributed by atoms with Crippen molar-refractivity contribution >= 4 is 6.08 Å². The first-order chi connectivity index (χ1) is 9.92. The zero-order valence-corrected chi connectivity index (χ0v) is 13.0. The fraction of sp³-hybridized carbons (Fsp3) is 0.467. The summed E-state index contributed by atoms with van der Waals surface area (Å²) in [6.07, 6.45) is 1.89. The number of hydrogen-bond acceptors (Lipinski definition) is 5. The van der Waals surface area contributed by atoms with Crippen molar-refractivity contribution in [3.63, 3.8) is 0 Å². The van der Waals surface area contributed by atoms with Gasteiger partial charge in [0.1, 0.15) is 5.75 Å². The van der Waals surface area contributed by atoms with Crippen LogP contribution in [0.4, 0.5) is 0 Å². The number of methoxy groups -OCH3 is 3. The second kappa shape index (κ2) is 7.52. The van der Waals surface area contributed by atoms with Crippen molar-refractivity contribution in [2.45, 2.75) is 20.3 Å². The Morgan fingerprint density at radius 2 is 1.67 bits per heavy atom. The van der Waals surface area contributed by atoms with Gasteiger partial charge in [0.2, 0.25) is 5.70 Å². The van der Waals surface area contributed by atoms with E-state index in [1.165, 1.54) is 27.4 Å². The Labute approximate surface area is 124 Å². The van der Waals surface area contributed by atoms with Crippen LogP contribution >= 0.6 is 0 Å². The number of hydrogen-bond donors (Lipinski definition) is 0. The summed E-state index contributed by atoms with van der Waals surface area (Å²) in [5.74, 6) is 1.69. The van der Waals surface area contributed by atoms with Gasteiger partial charge < -0.3 is 14.2 Å². The smallest absolute Gasteiger partial charge is 0.247 e. The highest BCUT2D eigenvalue weighted by Crippen LogP contribution is 2.36. The Morgan fingerprint density at radius 3 is 2.10 bits per heavy atom. The lowest BCUT2D eigenvalue weighted by molar-refractivity contribution is -0.427. The van der Waals surface area contributed by atoms with Crippen LogP contribution in [0.5, 0.6) is 17.2 Å². The van der Waals surface area contributed by atoms with Crippen LogP contribution in [0, 0.1) is 16.0 Å². The van der Waals surface area contributed by atoms with Gasteiger partial charge in [0, 0.05) is 24.1 Å². The second-order valence-corrected chi connectivity index (χ2v) is 4.94. The third-order valence-electron chi connectivity index (χ3n) is 2.91. The minimum absolute atomic E-state index is 0.135. The maximum absolute atomic E-state index is 11.2. The minimum atomic E-state index is -0.365. The van der Waals surface area contributed by atoms with E-state index in [0.717, 1.165) is 0 Å². The van der Waals surface area contributed by atoms with Gasteiger partial charge in [-0.15, -0.1) is 0 Å². The summed E-state index contributed by atoms with van der Waals surface area (Å²) in [5, 5.41) is 11.2. The van der Waals surface area contributed by atoms with Crippen LogP contribution < -0.4 is 14.2 Å². The first-order valence-corrected chi connectivity index (χ1v) is 6.57. The predicted molar refractivity (Wildman–Crippen MR) is 80.5 cm³/mol. The maximum Gasteiger partial charge on any atom is 0.247 e. The molecule has 0 fully saturated rings. The van der Waals surface area contributed by atoms with Crippen LogP contribution in [-0.2, 0) is 0 Å². The molecule has 0 saturated carbocycles. The summed E-state index contributed by atoms with van der Waals surface area (Å²) in [6.45, 7) is 3.87. The van der Waals surface area contributed by atoms with Gasteiger partial charge in [0.15, 0.2) is 11.5 Å². The van der Waals surface area contributed by atoms with E-state index in [0.29, 0.717) is 29.2 Å². The average Bonchev–Trinajstić information content (AvgIpc) is 2.45. The molecule has 21 heavy (non-hydrogen) atoms. The number of rotatable bonds is 7. The van der Waals surface area contributed by atoms with Crippen molar-refractivity contribution < 1.29 is 19.1 Å². The van der Waals surface area contributed by atoms with Crippen LogP contribution in [0.2, 0.25) is 0 Å². The number of nitrogens with zero attached hydrogens (tertiary/aromatic N) is 1. The van der Waals surface area contributed by atoms with Crippen LogP contribution in [0.1, 0.15) is 25.8 Å². The molecule has 1 rings (SSSR count). The van der Waals surface area contributed by atoms with Crippen LogP contribution in [-0.4, -0.2) is 26.3 Å². The molecular weight excluding hydrogens is 274 g/mol. The van der Waals surface area contributed by atoms with Gasteiger partial charge in [-0.05, 0) is 12.0 Å². The molecule has 0 spiro atoms. The highest BCUT2D eigenvalue weighted by Gasteiger charge is 2.17. The number of benzene rings is 1. The molecule has 0 N–H and O–H groups in total. The minimum Gasteiger partial charge on any atom is -0.496 e. The molecule has 6 heteroatoms. The first kappa shape index (κ1) is 16.8. The Morgan fingerprint density at radius 1 is 1.14 bits per heavy atom. The Balaban J connectivity index is 3.35. The Hall–Kier alpha value is -2.24. The standard InChI is InChI=1S/C15H21NO5/c1-10(2)6-12(16(17)18)7-11-8-14(20-4)15(21-5)9-13(11)19-3/h7-10H,6H2,1-5H3. The zero-order valence-electron chi connectivity index (χ0n) is 13.0. The maximum atomic E-state index is 11.2. The molecule has 0 aliphatic heterocycles. The molecule has 0 aromatic heterocycles. The predicted octanol–water partition coefficient (Wildman–Crippen LogP) is 3.38. The molecule has 0 atom stereocenters. The van der Waals surface area contributed by atoms with E-state index < -0.39 is 0 Å². The lowest BCUT2D eigenvalue weighted by Crippen LogP contribution is -2.03. The molecule has 0 unspecified atom stereocenters.